The van der Waals surface area contributed by atoms with Gasteiger partial charge in [-0.2, -0.15) is 0 Å². The third kappa shape index (κ3) is 5.30. The number of aliphatic carboxylic acids is 1. The van der Waals surface area contributed by atoms with Gasteiger partial charge in [-0.25, -0.2) is 9.78 Å². The van der Waals surface area contributed by atoms with E-state index in [9.17, 15) is 9.59 Å². The molecule has 0 radical (unpaired) electrons. The first-order valence-electron chi connectivity index (χ1n) is 5.21. The molecule has 1 amide bonds. The fourth-order valence-corrected chi connectivity index (χ4v) is 1.88. The van der Waals surface area contributed by atoms with Gasteiger partial charge in [-0.1, -0.05) is 0 Å². The van der Waals surface area contributed by atoms with Crippen LogP contribution < -0.4 is 5.32 Å². The molecule has 94 valence electrons. The summed E-state index contributed by atoms with van der Waals surface area (Å²) < 4.78 is 4.71. The number of hydrogen-bond donors (Lipinski definition) is 2. The van der Waals surface area contributed by atoms with Crippen LogP contribution in [0.2, 0.25) is 0 Å². The van der Waals surface area contributed by atoms with E-state index in [1.54, 1.807) is 12.3 Å². The van der Waals surface area contributed by atoms with E-state index in [4.69, 9.17) is 9.84 Å². The molecule has 0 atom stereocenters. The minimum absolute atomic E-state index is 0.123. The Bertz CT molecular complexity index is 391. The van der Waals surface area contributed by atoms with Gasteiger partial charge in [0.15, 0.2) is 5.13 Å². The molecule has 0 unspecified atom stereocenters. The molecule has 2 N–H and O–H groups in total. The minimum Gasteiger partial charge on any atom is -0.481 e. The molecule has 0 aliphatic carbocycles. The summed E-state index contributed by atoms with van der Waals surface area (Å²) >= 11 is 1.29. The van der Waals surface area contributed by atoms with E-state index < -0.39 is 12.1 Å². The molecule has 0 bridgehead atoms. The third-order valence-corrected chi connectivity index (χ3v) is 2.67. The molecule has 17 heavy (non-hydrogen) atoms. The SMILES string of the molecule is CCOC(=O)Nc1nc(CCCC(=O)O)cs1. The highest BCUT2D eigenvalue weighted by molar-refractivity contribution is 7.13. The Hall–Kier alpha value is -1.63. The Morgan fingerprint density at radius 3 is 3.00 bits per heavy atom. The first-order chi connectivity index (χ1) is 8.11. The lowest BCUT2D eigenvalue weighted by molar-refractivity contribution is -0.137. The summed E-state index contributed by atoms with van der Waals surface area (Å²) in [6.07, 6.45) is 0.725. The van der Waals surface area contributed by atoms with Gasteiger partial charge in [-0.3, -0.25) is 10.1 Å². The molecule has 7 heteroatoms. The zero-order valence-electron chi connectivity index (χ0n) is 9.43. The number of ether oxygens (including phenoxy) is 1. The van der Waals surface area contributed by atoms with E-state index in [0.29, 0.717) is 24.6 Å². The van der Waals surface area contributed by atoms with E-state index in [2.05, 4.69) is 10.3 Å². The lowest BCUT2D eigenvalue weighted by Gasteiger charge is -2.00. The van der Waals surface area contributed by atoms with Crippen LogP contribution in [0, 0.1) is 0 Å². The molecule has 1 heterocycles. The molecule has 0 saturated carbocycles. The summed E-state index contributed by atoms with van der Waals surface area (Å²) in [6.45, 7) is 2.03. The van der Waals surface area contributed by atoms with Crippen molar-refractivity contribution in [3.05, 3.63) is 11.1 Å². The van der Waals surface area contributed by atoms with Crippen LogP contribution in [0.5, 0.6) is 0 Å². The summed E-state index contributed by atoms with van der Waals surface area (Å²) in [5, 5.41) is 13.2. The monoisotopic (exact) mass is 258 g/mol. The Kier molecular flexibility index (Phi) is 5.41. The van der Waals surface area contributed by atoms with Gasteiger partial charge in [0.05, 0.1) is 12.3 Å². The predicted octanol–water partition coefficient (Wildman–Crippen LogP) is 2.12. The number of nitrogens with zero attached hydrogens (tertiary/aromatic N) is 1. The molecule has 0 saturated heterocycles. The Balaban J connectivity index is 2.37. The van der Waals surface area contributed by atoms with E-state index in [1.165, 1.54) is 11.3 Å². The van der Waals surface area contributed by atoms with E-state index in [1.807, 2.05) is 0 Å². The molecule has 0 aliphatic rings. The summed E-state index contributed by atoms with van der Waals surface area (Å²) in [6, 6.07) is 0. The number of hydrogen-bond acceptors (Lipinski definition) is 5. The van der Waals surface area contributed by atoms with Crippen LogP contribution in [0.15, 0.2) is 5.38 Å². The number of rotatable bonds is 6. The molecule has 0 fully saturated rings. The number of aryl methyl sites for hydroxylation is 1. The van der Waals surface area contributed by atoms with Crippen LogP contribution >= 0.6 is 11.3 Å². The van der Waals surface area contributed by atoms with Crippen molar-refractivity contribution in [3.8, 4) is 0 Å². The molecule has 1 aromatic heterocycles. The van der Waals surface area contributed by atoms with Gasteiger partial charge in [0, 0.05) is 11.8 Å². The number of carboxylic acids is 1. The quantitative estimate of drug-likeness (QED) is 0.815. The number of thiazole rings is 1. The van der Waals surface area contributed by atoms with Crippen LogP contribution in [0.1, 0.15) is 25.5 Å². The van der Waals surface area contributed by atoms with E-state index in [-0.39, 0.29) is 6.42 Å². The molecule has 6 nitrogen and oxygen atoms in total. The first kappa shape index (κ1) is 13.4. The highest BCUT2D eigenvalue weighted by Crippen LogP contribution is 2.17. The zero-order valence-corrected chi connectivity index (χ0v) is 10.2. The number of anilines is 1. The van der Waals surface area contributed by atoms with Crippen molar-refractivity contribution in [2.75, 3.05) is 11.9 Å². The van der Waals surface area contributed by atoms with Crippen molar-refractivity contribution < 1.29 is 19.4 Å². The maximum absolute atomic E-state index is 11.1. The van der Waals surface area contributed by atoms with Crippen molar-refractivity contribution in [3.63, 3.8) is 0 Å². The maximum Gasteiger partial charge on any atom is 0.413 e. The molecule has 1 rings (SSSR count). The van der Waals surface area contributed by atoms with Gasteiger partial charge in [0.1, 0.15) is 0 Å². The second-order valence-corrected chi connectivity index (χ2v) is 4.09. The van der Waals surface area contributed by atoms with Crippen molar-refractivity contribution in [2.45, 2.75) is 26.2 Å². The largest absolute Gasteiger partial charge is 0.481 e. The van der Waals surface area contributed by atoms with Crippen LogP contribution in [-0.4, -0.2) is 28.8 Å². The second-order valence-electron chi connectivity index (χ2n) is 3.24. The number of aromatic nitrogens is 1. The lowest BCUT2D eigenvalue weighted by Crippen LogP contribution is -2.13. The van der Waals surface area contributed by atoms with Crippen LogP contribution in [-0.2, 0) is 16.0 Å². The summed E-state index contributed by atoms with van der Waals surface area (Å²) in [5.74, 6) is -0.815. The summed E-state index contributed by atoms with van der Waals surface area (Å²) in [4.78, 5) is 25.5. The highest BCUT2D eigenvalue weighted by Gasteiger charge is 2.07. The third-order valence-electron chi connectivity index (χ3n) is 1.86. The van der Waals surface area contributed by atoms with Gasteiger partial charge in [-0.05, 0) is 19.8 Å². The fraction of sp³-hybridized carbons (Fsp3) is 0.500. The average Bonchev–Trinajstić information content (AvgIpc) is 2.65. The van der Waals surface area contributed by atoms with E-state index in [0.717, 1.165) is 5.69 Å². The molecule has 0 aromatic carbocycles. The smallest absolute Gasteiger partial charge is 0.413 e. The summed E-state index contributed by atoms with van der Waals surface area (Å²) in [5.41, 5.74) is 0.781. The molecule has 1 aromatic rings. The minimum atomic E-state index is -0.815. The number of carbonyl (C=O) groups is 2. The van der Waals surface area contributed by atoms with Crippen molar-refractivity contribution in [2.24, 2.45) is 0 Å². The lowest BCUT2D eigenvalue weighted by atomic mass is 10.2. The topological polar surface area (TPSA) is 88.5 Å². The standard InChI is InChI=1S/C10H14N2O4S/c1-2-16-10(15)12-9-11-7(6-17-9)4-3-5-8(13)14/h6H,2-5H2,1H3,(H,13,14)(H,11,12,15). The average molecular weight is 258 g/mol. The van der Waals surface area contributed by atoms with Crippen LogP contribution in [0.4, 0.5) is 9.93 Å². The molecule has 0 aliphatic heterocycles. The van der Waals surface area contributed by atoms with Gasteiger partial charge < -0.3 is 9.84 Å². The summed E-state index contributed by atoms with van der Waals surface area (Å²) in [7, 11) is 0. The highest BCUT2D eigenvalue weighted by atomic mass is 32.1. The molecule has 0 spiro atoms. The zero-order chi connectivity index (χ0) is 12.7. The van der Waals surface area contributed by atoms with Crippen molar-refractivity contribution in [1.82, 2.24) is 4.98 Å². The number of nitrogens with one attached hydrogen (secondary N) is 1. The van der Waals surface area contributed by atoms with Crippen LogP contribution in [0.3, 0.4) is 0 Å². The maximum atomic E-state index is 11.1. The van der Waals surface area contributed by atoms with Gasteiger partial charge in [0.2, 0.25) is 0 Å². The number of carboxylic acid groups (broad SMARTS) is 1. The number of carbonyl (C=O) groups excluding carboxylic acids is 1. The van der Waals surface area contributed by atoms with E-state index >= 15 is 0 Å². The Morgan fingerprint density at radius 2 is 2.35 bits per heavy atom. The Labute approximate surface area is 103 Å². The molecular weight excluding hydrogens is 244 g/mol. The normalized spacial score (nSPS) is 9.94. The van der Waals surface area contributed by atoms with Crippen molar-refractivity contribution >= 4 is 28.5 Å². The predicted molar refractivity (Wildman–Crippen MR) is 63.3 cm³/mol. The van der Waals surface area contributed by atoms with Crippen LogP contribution in [0.25, 0.3) is 0 Å². The van der Waals surface area contributed by atoms with Gasteiger partial charge in [-0.15, -0.1) is 11.3 Å². The number of amides is 1. The Morgan fingerprint density at radius 1 is 1.59 bits per heavy atom. The van der Waals surface area contributed by atoms with Gasteiger partial charge >= 0.3 is 12.1 Å². The molecular formula is C10H14N2O4S. The first-order valence-corrected chi connectivity index (χ1v) is 6.09. The van der Waals surface area contributed by atoms with Crippen molar-refractivity contribution in [1.29, 1.82) is 0 Å². The second kappa shape index (κ2) is 6.85. The van der Waals surface area contributed by atoms with Gasteiger partial charge in [0.25, 0.3) is 0 Å². The fourth-order valence-electron chi connectivity index (χ4n) is 1.15.